The van der Waals surface area contributed by atoms with Gasteiger partial charge in [-0.2, -0.15) is 0 Å². The minimum atomic E-state index is -0.0127. The predicted octanol–water partition coefficient (Wildman–Crippen LogP) is 4.84. The van der Waals surface area contributed by atoms with Crippen molar-refractivity contribution in [2.24, 2.45) is 0 Å². The van der Waals surface area contributed by atoms with Crippen LogP contribution in [0, 0.1) is 27.7 Å². The Morgan fingerprint density at radius 3 is 2.19 bits per heavy atom. The van der Waals surface area contributed by atoms with Crippen LogP contribution in [0.2, 0.25) is 5.02 Å². The van der Waals surface area contributed by atoms with Crippen LogP contribution in [0.15, 0.2) is 30.3 Å². The number of Topliss-reactive ketones (excluding diaryl/α,β-unsaturated/α-hetero) is 1. The minimum absolute atomic E-state index is 0.0127. The summed E-state index contributed by atoms with van der Waals surface area (Å²) in [5.74, 6) is 0.721. The molecule has 0 bridgehead atoms. The Kier molecular flexibility index (Phi) is 4.69. The molecule has 2 rings (SSSR count). The second kappa shape index (κ2) is 6.31. The van der Waals surface area contributed by atoms with Crippen LogP contribution in [-0.4, -0.2) is 12.4 Å². The lowest BCUT2D eigenvalue weighted by Gasteiger charge is -2.13. The summed E-state index contributed by atoms with van der Waals surface area (Å²) in [6, 6.07) is 9.49. The van der Waals surface area contributed by atoms with Crippen LogP contribution in [0.1, 0.15) is 32.6 Å². The molecular weight excluding hydrogens is 284 g/mol. The molecule has 0 fully saturated rings. The molecule has 0 saturated heterocycles. The first kappa shape index (κ1) is 15.6. The quantitative estimate of drug-likeness (QED) is 0.756. The second-order valence-corrected chi connectivity index (χ2v) is 5.84. The molecule has 0 saturated carbocycles. The van der Waals surface area contributed by atoms with Crippen LogP contribution in [0.3, 0.4) is 0 Å². The number of aryl methyl sites for hydroxylation is 4. The van der Waals surface area contributed by atoms with E-state index in [1.165, 1.54) is 0 Å². The van der Waals surface area contributed by atoms with Crippen LogP contribution >= 0.6 is 11.6 Å². The zero-order valence-corrected chi connectivity index (χ0v) is 13.5. The van der Waals surface area contributed by atoms with Gasteiger partial charge in [0.1, 0.15) is 5.75 Å². The van der Waals surface area contributed by atoms with Crippen molar-refractivity contribution in [3.63, 3.8) is 0 Å². The van der Waals surface area contributed by atoms with Crippen molar-refractivity contribution in [1.82, 2.24) is 0 Å². The normalized spacial score (nSPS) is 10.5. The molecular formula is C18H19ClO2. The summed E-state index contributed by atoms with van der Waals surface area (Å²) in [4.78, 5) is 12.3. The number of ether oxygens (including phenoxy) is 1. The Labute approximate surface area is 130 Å². The highest BCUT2D eigenvalue weighted by molar-refractivity contribution is 6.30. The number of hydrogen-bond acceptors (Lipinski definition) is 2. The summed E-state index contributed by atoms with van der Waals surface area (Å²) in [5, 5.41) is 0.679. The van der Waals surface area contributed by atoms with Gasteiger partial charge in [0.2, 0.25) is 0 Å². The molecule has 21 heavy (non-hydrogen) atoms. The monoisotopic (exact) mass is 302 g/mol. The summed E-state index contributed by atoms with van der Waals surface area (Å²) in [7, 11) is 0. The highest BCUT2D eigenvalue weighted by Gasteiger charge is 2.12. The average molecular weight is 303 g/mol. The summed E-state index contributed by atoms with van der Waals surface area (Å²) < 4.78 is 5.72. The van der Waals surface area contributed by atoms with Crippen molar-refractivity contribution in [2.45, 2.75) is 27.7 Å². The number of halogens is 1. The minimum Gasteiger partial charge on any atom is -0.485 e. The fourth-order valence-corrected chi connectivity index (χ4v) is 2.79. The zero-order valence-electron chi connectivity index (χ0n) is 12.8. The van der Waals surface area contributed by atoms with Crippen LogP contribution in [0.4, 0.5) is 0 Å². The second-order valence-electron chi connectivity index (χ2n) is 5.40. The molecule has 2 aromatic carbocycles. The third kappa shape index (κ3) is 3.64. The number of carbonyl (C=O) groups excluding carboxylic acids is 1. The maximum Gasteiger partial charge on any atom is 0.200 e. The maximum atomic E-state index is 12.3. The lowest BCUT2D eigenvalue weighted by molar-refractivity contribution is 0.0920. The highest BCUT2D eigenvalue weighted by atomic mass is 35.5. The van der Waals surface area contributed by atoms with Crippen molar-refractivity contribution < 1.29 is 9.53 Å². The van der Waals surface area contributed by atoms with Gasteiger partial charge < -0.3 is 4.74 Å². The maximum absolute atomic E-state index is 12.3. The van der Waals surface area contributed by atoms with Gasteiger partial charge in [0, 0.05) is 10.6 Å². The molecule has 0 aliphatic heterocycles. The summed E-state index contributed by atoms with van der Waals surface area (Å²) >= 11 is 5.99. The van der Waals surface area contributed by atoms with E-state index in [1.807, 2.05) is 58.0 Å². The molecule has 0 atom stereocenters. The fraction of sp³-hybridized carbons (Fsp3) is 0.278. The molecule has 2 aromatic rings. The number of rotatable bonds is 4. The third-order valence-corrected chi connectivity index (χ3v) is 3.67. The Bertz CT molecular complexity index is 667. The number of hydrogen-bond donors (Lipinski definition) is 0. The molecule has 0 aliphatic carbocycles. The van der Waals surface area contributed by atoms with Crippen molar-refractivity contribution in [2.75, 3.05) is 6.61 Å². The molecule has 3 heteroatoms. The van der Waals surface area contributed by atoms with E-state index < -0.39 is 0 Å². The third-order valence-electron chi connectivity index (χ3n) is 3.46. The lowest BCUT2D eigenvalue weighted by Crippen LogP contribution is -2.14. The molecule has 2 nitrogen and oxygen atoms in total. The van der Waals surface area contributed by atoms with Crippen molar-refractivity contribution >= 4 is 17.4 Å². The SMILES string of the molecule is Cc1ccc(C(=O)COc2c(C)cc(Cl)cc2C)c(C)c1. The fourth-order valence-electron chi connectivity index (χ4n) is 2.47. The Morgan fingerprint density at radius 1 is 1.00 bits per heavy atom. The van der Waals surface area contributed by atoms with Gasteiger partial charge in [0.05, 0.1) is 0 Å². The number of benzene rings is 2. The van der Waals surface area contributed by atoms with Crippen LogP contribution < -0.4 is 4.74 Å². The van der Waals surface area contributed by atoms with Crippen molar-refractivity contribution in [3.05, 3.63) is 63.2 Å². The topological polar surface area (TPSA) is 26.3 Å². The van der Waals surface area contributed by atoms with E-state index in [0.717, 1.165) is 28.0 Å². The lowest BCUT2D eigenvalue weighted by atomic mass is 10.0. The molecule has 0 heterocycles. The van der Waals surface area contributed by atoms with Crippen molar-refractivity contribution in [3.8, 4) is 5.75 Å². The van der Waals surface area contributed by atoms with Gasteiger partial charge in [0.25, 0.3) is 0 Å². The van der Waals surface area contributed by atoms with Gasteiger partial charge in [0.15, 0.2) is 12.4 Å². The summed E-state index contributed by atoms with van der Waals surface area (Å²) in [6.07, 6.45) is 0. The van der Waals surface area contributed by atoms with E-state index in [2.05, 4.69) is 0 Å². The highest BCUT2D eigenvalue weighted by Crippen LogP contribution is 2.27. The van der Waals surface area contributed by atoms with Crippen LogP contribution in [0.5, 0.6) is 5.75 Å². The first-order chi connectivity index (χ1) is 9.88. The Hall–Kier alpha value is -1.80. The van der Waals surface area contributed by atoms with Gasteiger partial charge in [-0.15, -0.1) is 0 Å². The Morgan fingerprint density at radius 2 is 1.62 bits per heavy atom. The first-order valence-corrected chi connectivity index (χ1v) is 7.26. The molecule has 0 amide bonds. The van der Waals surface area contributed by atoms with E-state index in [-0.39, 0.29) is 12.4 Å². The van der Waals surface area contributed by atoms with Gasteiger partial charge in [-0.25, -0.2) is 0 Å². The van der Waals surface area contributed by atoms with E-state index >= 15 is 0 Å². The number of carbonyl (C=O) groups is 1. The largest absolute Gasteiger partial charge is 0.485 e. The van der Waals surface area contributed by atoms with Gasteiger partial charge in [-0.3, -0.25) is 4.79 Å². The molecule has 0 aliphatic rings. The molecule has 0 spiro atoms. The van der Waals surface area contributed by atoms with Crippen LogP contribution in [0.25, 0.3) is 0 Å². The Balaban J connectivity index is 2.15. The van der Waals surface area contributed by atoms with Gasteiger partial charge >= 0.3 is 0 Å². The smallest absolute Gasteiger partial charge is 0.200 e. The van der Waals surface area contributed by atoms with Crippen LogP contribution in [-0.2, 0) is 0 Å². The molecule has 0 aromatic heterocycles. The van der Waals surface area contributed by atoms with Gasteiger partial charge in [-0.1, -0.05) is 35.4 Å². The van der Waals surface area contributed by atoms with E-state index in [1.54, 1.807) is 0 Å². The predicted molar refractivity (Wildman–Crippen MR) is 86.7 cm³/mol. The van der Waals surface area contributed by atoms with E-state index in [0.29, 0.717) is 10.6 Å². The molecule has 110 valence electrons. The molecule has 0 N–H and O–H groups in total. The standard InChI is InChI=1S/C18H19ClO2/c1-11-5-6-16(12(2)7-11)17(20)10-21-18-13(3)8-15(19)9-14(18)4/h5-9H,10H2,1-4H3. The number of ketones is 1. The van der Waals surface area contributed by atoms with E-state index in [9.17, 15) is 4.79 Å². The van der Waals surface area contributed by atoms with Gasteiger partial charge in [-0.05, 0) is 56.5 Å². The molecule has 0 unspecified atom stereocenters. The summed E-state index contributed by atoms with van der Waals surface area (Å²) in [6.45, 7) is 7.84. The average Bonchev–Trinajstić information content (AvgIpc) is 2.36. The van der Waals surface area contributed by atoms with Crippen molar-refractivity contribution in [1.29, 1.82) is 0 Å². The summed E-state index contributed by atoms with van der Waals surface area (Å²) in [5.41, 5.74) is 4.72. The van der Waals surface area contributed by atoms with E-state index in [4.69, 9.17) is 16.3 Å². The molecule has 0 radical (unpaired) electrons. The first-order valence-electron chi connectivity index (χ1n) is 6.88. The zero-order chi connectivity index (χ0) is 15.6.